The number of fused-ring (bicyclic) bond motifs is 1. The quantitative estimate of drug-likeness (QED) is 0.434. The van der Waals surface area contributed by atoms with Gasteiger partial charge in [-0.25, -0.2) is 0 Å². The molecule has 1 aromatic heterocycles. The molecule has 2 heterocycles. The topological polar surface area (TPSA) is 21.7 Å². The minimum Gasteiger partial charge on any atom is -0.348 e. The van der Waals surface area contributed by atoms with E-state index in [4.69, 9.17) is 9.47 Å². The number of thiophene rings is 1. The Kier molecular flexibility index (Phi) is 7.42. The second kappa shape index (κ2) is 10.4. The second-order valence-electron chi connectivity index (χ2n) is 7.92. The maximum Gasteiger partial charge on any atom is 0.159 e. The molecule has 0 aliphatic carbocycles. The Labute approximate surface area is 190 Å². The highest BCUT2D eigenvalue weighted by Gasteiger charge is 2.31. The fraction of sp³-hybridized carbons (Fsp3) is 0.407. The van der Waals surface area contributed by atoms with E-state index in [-0.39, 0.29) is 12.4 Å². The zero-order valence-electron chi connectivity index (χ0n) is 18.6. The molecule has 3 atom stereocenters. The number of hydrogen-bond donors (Lipinski definition) is 0. The maximum absolute atomic E-state index is 6.15. The lowest BCUT2D eigenvalue weighted by Crippen LogP contribution is -2.48. The van der Waals surface area contributed by atoms with Crippen molar-refractivity contribution in [3.63, 3.8) is 0 Å². The van der Waals surface area contributed by atoms with Crippen molar-refractivity contribution >= 4 is 21.4 Å². The highest BCUT2D eigenvalue weighted by molar-refractivity contribution is 7.22. The van der Waals surface area contributed by atoms with Crippen molar-refractivity contribution in [2.75, 3.05) is 19.7 Å². The highest BCUT2D eigenvalue weighted by Crippen LogP contribution is 2.38. The average molecular weight is 434 g/mol. The molecule has 1 aliphatic rings. The summed E-state index contributed by atoms with van der Waals surface area (Å²) in [6, 6.07) is 19.5. The first kappa shape index (κ1) is 22.0. The molecule has 2 aromatic carbocycles. The average Bonchev–Trinajstić information content (AvgIpc) is 3.18. The van der Waals surface area contributed by atoms with Crippen LogP contribution < -0.4 is 0 Å². The SMILES string of the molecule is CCN(CC)[C@H]1CC[C@H](OCC#Cc2c(-c3ccccc3)sc3ccccc23)O[C@H]1C. The molecule has 0 saturated carbocycles. The lowest BCUT2D eigenvalue weighted by atomic mass is 10.0. The van der Waals surface area contributed by atoms with Crippen molar-refractivity contribution in [2.24, 2.45) is 0 Å². The number of benzene rings is 2. The normalized spacial score (nSPS) is 21.2. The number of likely N-dealkylation sites (N-methyl/N-ethyl adjacent to an activating group) is 1. The summed E-state index contributed by atoms with van der Waals surface area (Å²) in [6.07, 6.45) is 2.04. The fourth-order valence-corrected chi connectivity index (χ4v) is 5.62. The van der Waals surface area contributed by atoms with Gasteiger partial charge in [0, 0.05) is 22.5 Å². The lowest BCUT2D eigenvalue weighted by molar-refractivity contribution is -0.202. The summed E-state index contributed by atoms with van der Waals surface area (Å²) >= 11 is 1.80. The van der Waals surface area contributed by atoms with E-state index in [1.807, 2.05) is 6.07 Å². The van der Waals surface area contributed by atoms with Crippen LogP contribution in [0.5, 0.6) is 0 Å². The number of rotatable bonds is 6. The van der Waals surface area contributed by atoms with Crippen LogP contribution in [0.2, 0.25) is 0 Å². The summed E-state index contributed by atoms with van der Waals surface area (Å²) in [5.74, 6) is 6.66. The standard InChI is InChI=1S/C27H31NO2S/c1-4-28(5-2)24-17-18-26(30-20(24)3)29-19-11-15-23-22-14-9-10-16-25(22)31-27(23)21-12-7-6-8-13-21/h6-10,12-14,16,20,24,26H,4-5,17-19H2,1-3H3/t20-,24-,26+/m0/s1. The van der Waals surface area contributed by atoms with E-state index in [2.05, 4.69) is 86.0 Å². The summed E-state index contributed by atoms with van der Waals surface area (Å²) < 4.78 is 13.4. The van der Waals surface area contributed by atoms with Crippen molar-refractivity contribution in [3.05, 3.63) is 60.2 Å². The van der Waals surface area contributed by atoms with Crippen LogP contribution >= 0.6 is 11.3 Å². The molecule has 1 aliphatic heterocycles. The molecule has 4 rings (SSSR count). The van der Waals surface area contributed by atoms with Gasteiger partial charge in [0.2, 0.25) is 0 Å². The van der Waals surface area contributed by atoms with Gasteiger partial charge in [-0.3, -0.25) is 4.90 Å². The Morgan fingerprint density at radius 2 is 1.77 bits per heavy atom. The van der Waals surface area contributed by atoms with Crippen LogP contribution in [0.1, 0.15) is 39.2 Å². The third-order valence-corrected chi connectivity index (χ3v) is 7.29. The number of nitrogens with zero attached hydrogens (tertiary/aromatic N) is 1. The second-order valence-corrected chi connectivity index (χ2v) is 8.97. The van der Waals surface area contributed by atoms with Crippen molar-refractivity contribution in [1.29, 1.82) is 0 Å². The molecule has 31 heavy (non-hydrogen) atoms. The Hall–Kier alpha value is -2.16. The van der Waals surface area contributed by atoms with E-state index in [1.54, 1.807) is 11.3 Å². The fourth-order valence-electron chi connectivity index (χ4n) is 4.46. The maximum atomic E-state index is 6.15. The molecule has 1 saturated heterocycles. The third-order valence-electron chi connectivity index (χ3n) is 6.07. The first-order valence-electron chi connectivity index (χ1n) is 11.3. The number of hydrogen-bond acceptors (Lipinski definition) is 4. The molecule has 162 valence electrons. The van der Waals surface area contributed by atoms with Crippen LogP contribution in [0.4, 0.5) is 0 Å². The monoisotopic (exact) mass is 433 g/mol. The third kappa shape index (κ3) is 5.02. The molecular formula is C27H31NO2S. The van der Waals surface area contributed by atoms with Gasteiger partial charge in [-0.1, -0.05) is 74.2 Å². The largest absolute Gasteiger partial charge is 0.348 e. The minimum absolute atomic E-state index is 0.163. The summed E-state index contributed by atoms with van der Waals surface area (Å²) in [5.41, 5.74) is 2.30. The van der Waals surface area contributed by atoms with Gasteiger partial charge in [0.1, 0.15) is 6.61 Å². The van der Waals surface area contributed by atoms with Gasteiger partial charge in [0.05, 0.1) is 16.5 Å². The molecule has 0 amide bonds. The Bertz CT molecular complexity index is 1050. The summed E-state index contributed by atoms with van der Waals surface area (Å²) in [6.45, 7) is 9.09. The van der Waals surface area contributed by atoms with Crippen molar-refractivity contribution in [2.45, 2.75) is 52.0 Å². The number of ether oxygens (including phenoxy) is 2. The van der Waals surface area contributed by atoms with E-state index in [0.717, 1.165) is 31.5 Å². The Balaban J connectivity index is 1.44. The molecule has 3 aromatic rings. The predicted octanol–water partition coefficient (Wildman–Crippen LogP) is 6.17. The first-order chi connectivity index (χ1) is 15.2. The molecule has 0 bridgehead atoms. The Morgan fingerprint density at radius 1 is 1.03 bits per heavy atom. The summed E-state index contributed by atoms with van der Waals surface area (Å²) in [7, 11) is 0. The van der Waals surface area contributed by atoms with Crippen LogP contribution in [-0.2, 0) is 9.47 Å². The van der Waals surface area contributed by atoms with Crippen LogP contribution in [-0.4, -0.2) is 43.0 Å². The zero-order chi connectivity index (χ0) is 21.6. The molecule has 1 fully saturated rings. The summed E-state index contributed by atoms with van der Waals surface area (Å²) in [5, 5.41) is 1.21. The molecule has 0 unspecified atom stereocenters. The van der Waals surface area contributed by atoms with E-state index in [1.165, 1.54) is 20.5 Å². The van der Waals surface area contributed by atoms with Crippen LogP contribution in [0.15, 0.2) is 54.6 Å². The van der Waals surface area contributed by atoms with Gasteiger partial charge in [-0.15, -0.1) is 11.3 Å². The lowest BCUT2D eigenvalue weighted by Gasteiger charge is -2.40. The molecule has 0 radical (unpaired) electrons. The van der Waals surface area contributed by atoms with Gasteiger partial charge in [0.25, 0.3) is 0 Å². The Morgan fingerprint density at radius 3 is 2.52 bits per heavy atom. The van der Waals surface area contributed by atoms with Gasteiger partial charge < -0.3 is 9.47 Å². The van der Waals surface area contributed by atoms with Gasteiger partial charge >= 0.3 is 0 Å². The molecule has 3 nitrogen and oxygen atoms in total. The van der Waals surface area contributed by atoms with Crippen LogP contribution in [0, 0.1) is 11.8 Å². The van der Waals surface area contributed by atoms with Gasteiger partial charge in [-0.05, 0) is 38.1 Å². The van der Waals surface area contributed by atoms with E-state index >= 15 is 0 Å². The summed E-state index contributed by atoms with van der Waals surface area (Å²) in [4.78, 5) is 3.70. The van der Waals surface area contributed by atoms with Gasteiger partial charge in [0.15, 0.2) is 6.29 Å². The first-order valence-corrected chi connectivity index (χ1v) is 12.1. The van der Waals surface area contributed by atoms with E-state index in [0.29, 0.717) is 12.6 Å². The van der Waals surface area contributed by atoms with Crippen LogP contribution in [0.3, 0.4) is 0 Å². The molecule has 4 heteroatoms. The predicted molar refractivity (Wildman–Crippen MR) is 130 cm³/mol. The zero-order valence-corrected chi connectivity index (χ0v) is 19.5. The van der Waals surface area contributed by atoms with Crippen molar-refractivity contribution in [3.8, 4) is 22.3 Å². The van der Waals surface area contributed by atoms with E-state index < -0.39 is 0 Å². The smallest absolute Gasteiger partial charge is 0.159 e. The van der Waals surface area contributed by atoms with E-state index in [9.17, 15) is 0 Å². The van der Waals surface area contributed by atoms with Crippen LogP contribution in [0.25, 0.3) is 20.5 Å². The molecular weight excluding hydrogens is 402 g/mol. The van der Waals surface area contributed by atoms with Gasteiger partial charge in [-0.2, -0.15) is 0 Å². The minimum atomic E-state index is -0.163. The van der Waals surface area contributed by atoms with Crippen molar-refractivity contribution < 1.29 is 9.47 Å². The highest BCUT2D eigenvalue weighted by atomic mass is 32.1. The van der Waals surface area contributed by atoms with Crippen molar-refractivity contribution in [1.82, 2.24) is 4.90 Å². The molecule has 0 spiro atoms. The molecule has 0 N–H and O–H groups in total.